The minimum Gasteiger partial charge on any atom is -0.309 e. The van der Waals surface area contributed by atoms with Gasteiger partial charge in [-0.25, -0.2) is 9.97 Å². The molecule has 0 radical (unpaired) electrons. The van der Waals surface area contributed by atoms with E-state index in [0.29, 0.717) is 0 Å². The second-order valence-electron chi connectivity index (χ2n) is 14.2. The fourth-order valence-electron chi connectivity index (χ4n) is 8.26. The van der Waals surface area contributed by atoms with E-state index in [2.05, 4.69) is 205 Å². The van der Waals surface area contributed by atoms with E-state index in [1.807, 2.05) is 0 Å². The van der Waals surface area contributed by atoms with Crippen LogP contribution in [-0.2, 0) is 0 Å². The van der Waals surface area contributed by atoms with Gasteiger partial charge in [-0.3, -0.25) is 0 Å². The van der Waals surface area contributed by atoms with Gasteiger partial charge >= 0.3 is 0 Å². The molecule has 0 saturated carbocycles. The Morgan fingerprint density at radius 1 is 0.375 bits per heavy atom. The number of para-hydroxylation sites is 1. The summed E-state index contributed by atoms with van der Waals surface area (Å²) in [5.74, 6) is 0.721. The second kappa shape index (κ2) is 13.3. The average molecular weight is 732 g/mol. The lowest BCUT2D eigenvalue weighted by atomic mass is 9.97. The van der Waals surface area contributed by atoms with E-state index in [1.165, 1.54) is 54.1 Å². The summed E-state index contributed by atoms with van der Waals surface area (Å²) in [6.45, 7) is 0. The molecule has 0 aliphatic rings. The highest BCUT2D eigenvalue weighted by molar-refractivity contribution is 7.25. The van der Waals surface area contributed by atoms with E-state index in [4.69, 9.17) is 9.97 Å². The van der Waals surface area contributed by atoms with Crippen LogP contribution in [0.1, 0.15) is 0 Å². The summed E-state index contributed by atoms with van der Waals surface area (Å²) in [5, 5.41) is 4.73. The SMILES string of the molecule is c1ccc(-c2cccc(-c3nc(-c4cccc(-c5cccc6c5c5ccccc5n6-c5cccc(-c6ccccc6)c5)c4)nc4sc5ccccc5c34)c2)cc1. The third-order valence-electron chi connectivity index (χ3n) is 10.8. The van der Waals surface area contributed by atoms with Crippen molar-refractivity contribution in [3.63, 3.8) is 0 Å². The fourth-order valence-corrected chi connectivity index (χ4v) is 9.33. The Morgan fingerprint density at radius 3 is 1.75 bits per heavy atom. The monoisotopic (exact) mass is 731 g/mol. The van der Waals surface area contributed by atoms with Crippen LogP contribution in [0.5, 0.6) is 0 Å². The first-order chi connectivity index (χ1) is 27.8. The minimum atomic E-state index is 0.721. The molecule has 11 rings (SSSR count). The predicted octanol–water partition coefficient (Wildman–Crippen LogP) is 14.3. The minimum absolute atomic E-state index is 0.721. The maximum atomic E-state index is 5.41. The molecule has 11 aromatic rings. The Bertz CT molecular complexity index is 3250. The van der Waals surface area contributed by atoms with E-state index in [9.17, 15) is 0 Å². The van der Waals surface area contributed by atoms with Crippen LogP contribution >= 0.6 is 11.3 Å². The molecule has 0 fully saturated rings. The molecule has 0 aliphatic heterocycles. The van der Waals surface area contributed by atoms with Crippen molar-refractivity contribution in [1.29, 1.82) is 0 Å². The third kappa shape index (κ3) is 5.42. The number of hydrogen-bond acceptors (Lipinski definition) is 3. The molecule has 8 aromatic carbocycles. The van der Waals surface area contributed by atoms with Crippen LogP contribution in [0.4, 0.5) is 0 Å². The molecule has 3 heterocycles. The Morgan fingerprint density at radius 2 is 0.946 bits per heavy atom. The highest BCUT2D eigenvalue weighted by Gasteiger charge is 2.20. The molecule has 4 heteroatoms. The molecule has 0 atom stereocenters. The lowest BCUT2D eigenvalue weighted by Crippen LogP contribution is -1.95. The van der Waals surface area contributed by atoms with Gasteiger partial charge in [0.05, 0.1) is 16.7 Å². The van der Waals surface area contributed by atoms with Crippen molar-refractivity contribution in [2.75, 3.05) is 0 Å². The van der Waals surface area contributed by atoms with Crippen LogP contribution < -0.4 is 0 Å². The molecule has 0 amide bonds. The summed E-state index contributed by atoms with van der Waals surface area (Å²) in [6.07, 6.45) is 0. The summed E-state index contributed by atoms with van der Waals surface area (Å²) >= 11 is 1.73. The molecule has 3 aromatic heterocycles. The van der Waals surface area contributed by atoms with Gasteiger partial charge < -0.3 is 4.57 Å². The van der Waals surface area contributed by atoms with Crippen LogP contribution in [0.2, 0.25) is 0 Å². The van der Waals surface area contributed by atoms with Gasteiger partial charge in [-0.1, -0.05) is 158 Å². The Kier molecular flexibility index (Phi) is 7.68. The Hall–Kier alpha value is -7.14. The summed E-state index contributed by atoms with van der Waals surface area (Å²) in [5.41, 5.74) is 13.5. The van der Waals surface area contributed by atoms with Crippen LogP contribution in [0.15, 0.2) is 200 Å². The van der Waals surface area contributed by atoms with Crippen molar-refractivity contribution in [1.82, 2.24) is 14.5 Å². The van der Waals surface area contributed by atoms with E-state index >= 15 is 0 Å². The number of aromatic nitrogens is 3. The number of rotatable bonds is 6. The summed E-state index contributed by atoms with van der Waals surface area (Å²) in [7, 11) is 0. The van der Waals surface area contributed by atoms with Gasteiger partial charge in [-0.2, -0.15) is 0 Å². The zero-order chi connectivity index (χ0) is 37.0. The first-order valence-corrected chi connectivity index (χ1v) is 19.7. The first-order valence-electron chi connectivity index (χ1n) is 18.9. The van der Waals surface area contributed by atoms with Crippen LogP contribution in [0.3, 0.4) is 0 Å². The molecule has 0 spiro atoms. The van der Waals surface area contributed by atoms with E-state index in [1.54, 1.807) is 11.3 Å². The highest BCUT2D eigenvalue weighted by atomic mass is 32.1. The van der Waals surface area contributed by atoms with Gasteiger partial charge in [-0.05, 0) is 75.8 Å². The second-order valence-corrected chi connectivity index (χ2v) is 15.2. The Labute approximate surface area is 328 Å². The lowest BCUT2D eigenvalue weighted by molar-refractivity contribution is 1.18. The molecule has 262 valence electrons. The van der Waals surface area contributed by atoms with Gasteiger partial charge in [0, 0.05) is 43.1 Å². The van der Waals surface area contributed by atoms with Crippen molar-refractivity contribution in [3.05, 3.63) is 200 Å². The highest BCUT2D eigenvalue weighted by Crippen LogP contribution is 2.42. The number of benzene rings is 8. The van der Waals surface area contributed by atoms with Gasteiger partial charge in [0.25, 0.3) is 0 Å². The summed E-state index contributed by atoms with van der Waals surface area (Å²) in [4.78, 5) is 11.7. The predicted molar refractivity (Wildman–Crippen MR) is 236 cm³/mol. The number of fused-ring (bicyclic) bond motifs is 6. The Balaban J connectivity index is 1.08. The smallest absolute Gasteiger partial charge is 0.161 e. The standard InChI is InChI=1S/C52H33N3S/c1-3-15-34(16-4-1)36-19-11-22-39(31-36)50-49-44-26-8-10-30-47(44)56-52(49)54-51(53-50)40-23-12-21-38(32-40)42-27-14-29-46-48(42)43-25-7-9-28-45(43)55(46)41-24-13-20-37(33-41)35-17-5-2-6-18-35/h1-33H. The van der Waals surface area contributed by atoms with E-state index in [0.717, 1.165) is 49.7 Å². The molecule has 0 N–H and O–H groups in total. The molecule has 0 aliphatic carbocycles. The van der Waals surface area contributed by atoms with Crippen LogP contribution in [0, 0.1) is 0 Å². The van der Waals surface area contributed by atoms with Crippen molar-refractivity contribution < 1.29 is 0 Å². The topological polar surface area (TPSA) is 30.7 Å². The molecule has 0 unspecified atom stereocenters. The maximum Gasteiger partial charge on any atom is 0.161 e. The molecule has 0 bridgehead atoms. The van der Waals surface area contributed by atoms with Crippen molar-refractivity contribution >= 4 is 53.4 Å². The van der Waals surface area contributed by atoms with Gasteiger partial charge in [0.15, 0.2) is 5.82 Å². The average Bonchev–Trinajstić information content (AvgIpc) is 3.83. The third-order valence-corrected chi connectivity index (χ3v) is 11.9. The van der Waals surface area contributed by atoms with Gasteiger partial charge in [0.2, 0.25) is 0 Å². The fraction of sp³-hybridized carbons (Fsp3) is 0. The first kappa shape index (κ1) is 32.3. The zero-order valence-electron chi connectivity index (χ0n) is 30.3. The van der Waals surface area contributed by atoms with E-state index in [-0.39, 0.29) is 0 Å². The molecule has 56 heavy (non-hydrogen) atoms. The van der Waals surface area contributed by atoms with Crippen LogP contribution in [-0.4, -0.2) is 14.5 Å². The summed E-state index contributed by atoms with van der Waals surface area (Å²) in [6, 6.07) is 71.5. The lowest BCUT2D eigenvalue weighted by Gasteiger charge is -2.12. The van der Waals surface area contributed by atoms with E-state index < -0.39 is 0 Å². The van der Waals surface area contributed by atoms with Crippen molar-refractivity contribution in [3.8, 4) is 61.7 Å². The quantitative estimate of drug-likeness (QED) is 0.170. The van der Waals surface area contributed by atoms with Crippen molar-refractivity contribution in [2.45, 2.75) is 0 Å². The number of hydrogen-bond donors (Lipinski definition) is 0. The molecular weight excluding hydrogens is 699 g/mol. The number of nitrogens with zero attached hydrogens (tertiary/aromatic N) is 3. The number of thiophene rings is 1. The molecule has 3 nitrogen and oxygen atoms in total. The van der Waals surface area contributed by atoms with Gasteiger partial charge in [-0.15, -0.1) is 11.3 Å². The molecule has 0 saturated heterocycles. The van der Waals surface area contributed by atoms with Crippen LogP contribution in [0.25, 0.3) is 104 Å². The largest absolute Gasteiger partial charge is 0.309 e. The van der Waals surface area contributed by atoms with Crippen molar-refractivity contribution in [2.24, 2.45) is 0 Å². The maximum absolute atomic E-state index is 5.41. The summed E-state index contributed by atoms with van der Waals surface area (Å²) < 4.78 is 3.61. The normalized spacial score (nSPS) is 11.6. The van der Waals surface area contributed by atoms with Gasteiger partial charge in [0.1, 0.15) is 4.83 Å². The molecular formula is C52H33N3S. The zero-order valence-corrected chi connectivity index (χ0v) is 31.1.